The summed E-state index contributed by atoms with van der Waals surface area (Å²) < 4.78 is 27.9. The average Bonchev–Trinajstić information content (AvgIpc) is 3.08. The van der Waals surface area contributed by atoms with Crippen LogP contribution in [0.15, 0.2) is 34.1 Å². The van der Waals surface area contributed by atoms with E-state index in [4.69, 9.17) is 0 Å². The second-order valence-corrected chi connectivity index (χ2v) is 9.24. The molecule has 0 atom stereocenters. The Morgan fingerprint density at radius 1 is 1.15 bits per heavy atom. The minimum Gasteiger partial charge on any atom is -0.319 e. The van der Waals surface area contributed by atoms with Gasteiger partial charge >= 0.3 is 0 Å². The van der Waals surface area contributed by atoms with Gasteiger partial charge in [0.05, 0.1) is 22.1 Å². The molecule has 2 aromatic heterocycles. The Labute approximate surface area is 151 Å². The minimum absolute atomic E-state index is 0.157. The number of nitrogens with one attached hydrogen (secondary N) is 1. The number of rotatable bonds is 3. The molecule has 26 heavy (non-hydrogen) atoms. The molecule has 7 nitrogen and oxygen atoms in total. The van der Waals surface area contributed by atoms with Crippen LogP contribution in [0.25, 0.3) is 16.6 Å². The monoisotopic (exact) mass is 374 g/mol. The van der Waals surface area contributed by atoms with E-state index < -0.39 is 10.0 Å². The molecule has 0 bridgehead atoms. The highest BCUT2D eigenvalue weighted by molar-refractivity contribution is 7.89. The van der Waals surface area contributed by atoms with Gasteiger partial charge in [-0.05, 0) is 31.0 Å². The SMILES string of the molecule is CN(C)S(=O)(=O)c1ccc2c(c1)[nH]c(=O)c1cnc(C3CCCCC3)n12. The van der Waals surface area contributed by atoms with Crippen LogP contribution >= 0.6 is 0 Å². The van der Waals surface area contributed by atoms with Gasteiger partial charge in [0.15, 0.2) is 0 Å². The van der Waals surface area contributed by atoms with Crippen molar-refractivity contribution in [1.29, 1.82) is 0 Å². The quantitative estimate of drug-likeness (QED) is 0.763. The van der Waals surface area contributed by atoms with Gasteiger partial charge in [-0.25, -0.2) is 17.7 Å². The van der Waals surface area contributed by atoms with E-state index >= 15 is 0 Å². The topological polar surface area (TPSA) is 87.5 Å². The van der Waals surface area contributed by atoms with Crippen LogP contribution in [0.4, 0.5) is 0 Å². The molecule has 1 saturated carbocycles. The highest BCUT2D eigenvalue weighted by atomic mass is 32.2. The van der Waals surface area contributed by atoms with Crippen molar-refractivity contribution in [2.45, 2.75) is 42.9 Å². The van der Waals surface area contributed by atoms with Gasteiger partial charge in [-0.2, -0.15) is 0 Å². The summed E-state index contributed by atoms with van der Waals surface area (Å²) in [6, 6.07) is 4.86. The summed E-state index contributed by atoms with van der Waals surface area (Å²) in [5.74, 6) is 1.24. The third-order valence-corrected chi connectivity index (χ3v) is 7.04. The average molecular weight is 374 g/mol. The number of aromatic amines is 1. The fraction of sp³-hybridized carbons (Fsp3) is 0.444. The van der Waals surface area contributed by atoms with Crippen LogP contribution in [0.3, 0.4) is 0 Å². The molecule has 1 aromatic carbocycles. The van der Waals surface area contributed by atoms with Crippen molar-refractivity contribution in [1.82, 2.24) is 18.7 Å². The molecule has 0 radical (unpaired) electrons. The molecular formula is C18H22N4O3S. The van der Waals surface area contributed by atoms with E-state index in [1.807, 2.05) is 4.40 Å². The summed E-state index contributed by atoms with van der Waals surface area (Å²) in [5.41, 5.74) is 1.52. The van der Waals surface area contributed by atoms with E-state index in [2.05, 4.69) is 9.97 Å². The maximum atomic E-state index is 12.5. The fourth-order valence-electron chi connectivity index (χ4n) is 3.80. The summed E-state index contributed by atoms with van der Waals surface area (Å²) in [7, 11) is -0.588. The first-order valence-electron chi connectivity index (χ1n) is 8.85. The third kappa shape index (κ3) is 2.64. The third-order valence-electron chi connectivity index (χ3n) is 5.23. The number of nitrogens with zero attached hydrogens (tertiary/aromatic N) is 3. The predicted molar refractivity (Wildman–Crippen MR) is 100 cm³/mol. The number of hydrogen-bond acceptors (Lipinski definition) is 4. The lowest BCUT2D eigenvalue weighted by molar-refractivity contribution is 0.428. The summed E-state index contributed by atoms with van der Waals surface area (Å²) in [6.45, 7) is 0. The van der Waals surface area contributed by atoms with E-state index in [9.17, 15) is 13.2 Å². The standard InChI is InChI=1S/C18H22N4O3S/c1-21(2)26(24,25)13-8-9-15-14(10-13)20-18(23)16-11-19-17(22(15)16)12-6-4-3-5-7-12/h8-12H,3-7H2,1-2H3,(H,20,23). The Morgan fingerprint density at radius 3 is 2.58 bits per heavy atom. The number of fused-ring (bicyclic) bond motifs is 3. The lowest BCUT2D eigenvalue weighted by Gasteiger charge is -2.21. The van der Waals surface area contributed by atoms with Gasteiger partial charge in [-0.15, -0.1) is 0 Å². The second kappa shape index (κ2) is 6.21. The zero-order chi connectivity index (χ0) is 18.5. The van der Waals surface area contributed by atoms with Crippen LogP contribution in [0.5, 0.6) is 0 Å². The number of sulfonamides is 1. The summed E-state index contributed by atoms with van der Waals surface area (Å²) in [4.78, 5) is 20.0. The van der Waals surface area contributed by atoms with Crippen molar-refractivity contribution >= 4 is 26.6 Å². The van der Waals surface area contributed by atoms with Crippen molar-refractivity contribution in [2.24, 2.45) is 0 Å². The number of imidazole rings is 1. The van der Waals surface area contributed by atoms with Crippen LogP contribution < -0.4 is 5.56 Å². The highest BCUT2D eigenvalue weighted by Gasteiger charge is 2.23. The van der Waals surface area contributed by atoms with Crippen molar-refractivity contribution in [3.8, 4) is 0 Å². The largest absolute Gasteiger partial charge is 0.319 e. The van der Waals surface area contributed by atoms with E-state index in [0.29, 0.717) is 17.0 Å². The van der Waals surface area contributed by atoms with Crippen molar-refractivity contribution in [3.63, 3.8) is 0 Å². The lowest BCUT2D eigenvalue weighted by Crippen LogP contribution is -2.22. The van der Waals surface area contributed by atoms with Crippen molar-refractivity contribution < 1.29 is 8.42 Å². The molecule has 8 heteroatoms. The zero-order valence-corrected chi connectivity index (χ0v) is 15.7. The van der Waals surface area contributed by atoms with E-state index in [0.717, 1.165) is 28.5 Å². The van der Waals surface area contributed by atoms with Gasteiger partial charge in [0.1, 0.15) is 11.3 Å². The molecule has 0 saturated heterocycles. The van der Waals surface area contributed by atoms with Crippen LogP contribution in [-0.2, 0) is 10.0 Å². The predicted octanol–water partition coefficient (Wildman–Crippen LogP) is 2.47. The Morgan fingerprint density at radius 2 is 1.88 bits per heavy atom. The van der Waals surface area contributed by atoms with Gasteiger partial charge < -0.3 is 4.98 Å². The Balaban J connectivity index is 1.97. The van der Waals surface area contributed by atoms with Gasteiger partial charge in [0, 0.05) is 20.0 Å². The molecule has 0 unspecified atom stereocenters. The van der Waals surface area contributed by atoms with Crippen molar-refractivity contribution in [3.05, 3.63) is 40.6 Å². The number of aromatic nitrogens is 3. The lowest BCUT2D eigenvalue weighted by atomic mass is 9.89. The molecule has 0 amide bonds. The van der Waals surface area contributed by atoms with Crippen LogP contribution in [-0.4, -0.2) is 41.2 Å². The molecule has 3 aromatic rings. The Kier molecular flexibility index (Phi) is 4.11. The second-order valence-electron chi connectivity index (χ2n) is 7.09. The summed E-state index contributed by atoms with van der Waals surface area (Å²) in [5, 5.41) is 0. The molecule has 0 spiro atoms. The molecule has 4 rings (SSSR count). The zero-order valence-electron chi connectivity index (χ0n) is 14.9. The molecule has 1 fully saturated rings. The van der Waals surface area contributed by atoms with Crippen LogP contribution in [0, 0.1) is 0 Å². The first kappa shape index (κ1) is 17.2. The van der Waals surface area contributed by atoms with Crippen LogP contribution in [0.2, 0.25) is 0 Å². The Bertz CT molecular complexity index is 1140. The van der Waals surface area contributed by atoms with Gasteiger partial charge in [-0.1, -0.05) is 19.3 Å². The minimum atomic E-state index is -3.57. The van der Waals surface area contributed by atoms with Gasteiger partial charge in [0.2, 0.25) is 10.0 Å². The fourth-order valence-corrected chi connectivity index (χ4v) is 4.72. The summed E-state index contributed by atoms with van der Waals surface area (Å²) in [6.07, 6.45) is 7.35. The van der Waals surface area contributed by atoms with E-state index in [-0.39, 0.29) is 10.5 Å². The normalized spacial score (nSPS) is 16.7. The van der Waals surface area contributed by atoms with Crippen molar-refractivity contribution in [2.75, 3.05) is 14.1 Å². The molecule has 0 aliphatic heterocycles. The number of H-pyrrole nitrogens is 1. The first-order valence-corrected chi connectivity index (χ1v) is 10.3. The maximum absolute atomic E-state index is 12.5. The molecule has 1 aliphatic carbocycles. The maximum Gasteiger partial charge on any atom is 0.274 e. The molecule has 2 heterocycles. The summed E-state index contributed by atoms with van der Waals surface area (Å²) >= 11 is 0. The number of hydrogen-bond donors (Lipinski definition) is 1. The first-order chi connectivity index (χ1) is 12.4. The molecule has 138 valence electrons. The highest BCUT2D eigenvalue weighted by Crippen LogP contribution is 2.33. The van der Waals surface area contributed by atoms with E-state index in [1.165, 1.54) is 39.4 Å². The molecule has 1 aliphatic rings. The Hall–Kier alpha value is -2.19. The van der Waals surface area contributed by atoms with Crippen LogP contribution in [0.1, 0.15) is 43.8 Å². The smallest absolute Gasteiger partial charge is 0.274 e. The van der Waals surface area contributed by atoms with Gasteiger partial charge in [0.25, 0.3) is 5.56 Å². The van der Waals surface area contributed by atoms with E-state index in [1.54, 1.807) is 18.3 Å². The van der Waals surface area contributed by atoms with Gasteiger partial charge in [-0.3, -0.25) is 9.20 Å². The number of benzene rings is 1. The molecular weight excluding hydrogens is 352 g/mol. The molecule has 1 N–H and O–H groups in total.